The van der Waals surface area contributed by atoms with Gasteiger partial charge in [-0.15, -0.1) is 0 Å². The number of hydrogen-bond donors (Lipinski definition) is 1. The summed E-state index contributed by atoms with van der Waals surface area (Å²) in [5, 5.41) is 3.15. The minimum Gasteiger partial charge on any atom is -0.493 e. The van der Waals surface area contributed by atoms with E-state index in [1.807, 2.05) is 12.1 Å². The minimum atomic E-state index is -0.384. The number of methoxy groups -OCH3 is 2. The van der Waals surface area contributed by atoms with Crippen molar-refractivity contribution in [3.8, 4) is 17.2 Å². The zero-order valence-electron chi connectivity index (χ0n) is 16.4. The summed E-state index contributed by atoms with van der Waals surface area (Å²) in [7, 11) is 3.14. The standard InChI is InChI=1S/C21H22FN3O3S/c1-14(20(26)24-13-15-7-8-18(27-2)19(11-15)28-3)29-21-23-9-10-25(21)17-6-4-5-16(22)12-17/h4-12,14H,13H2,1-3H3,(H,24,26). The van der Waals surface area contributed by atoms with Crippen LogP contribution in [0.2, 0.25) is 0 Å². The molecule has 0 spiro atoms. The van der Waals surface area contributed by atoms with Gasteiger partial charge in [0.2, 0.25) is 5.91 Å². The number of halogens is 1. The highest BCUT2D eigenvalue weighted by Crippen LogP contribution is 2.28. The third-order valence-corrected chi connectivity index (χ3v) is 5.34. The van der Waals surface area contributed by atoms with Gasteiger partial charge in [0.1, 0.15) is 5.82 Å². The topological polar surface area (TPSA) is 65.4 Å². The molecular weight excluding hydrogens is 393 g/mol. The maximum absolute atomic E-state index is 13.5. The van der Waals surface area contributed by atoms with Crippen LogP contribution in [-0.2, 0) is 11.3 Å². The van der Waals surface area contributed by atoms with Crippen LogP contribution in [-0.4, -0.2) is 34.9 Å². The van der Waals surface area contributed by atoms with Gasteiger partial charge in [-0.1, -0.05) is 23.9 Å². The van der Waals surface area contributed by atoms with E-state index >= 15 is 0 Å². The number of benzene rings is 2. The maximum Gasteiger partial charge on any atom is 0.233 e. The Hall–Kier alpha value is -3.00. The summed E-state index contributed by atoms with van der Waals surface area (Å²) >= 11 is 1.31. The summed E-state index contributed by atoms with van der Waals surface area (Å²) in [6.45, 7) is 2.17. The average Bonchev–Trinajstić information content (AvgIpc) is 3.19. The molecule has 1 aromatic heterocycles. The minimum absolute atomic E-state index is 0.126. The van der Waals surface area contributed by atoms with Gasteiger partial charge < -0.3 is 14.8 Å². The van der Waals surface area contributed by atoms with E-state index in [1.165, 1.54) is 23.9 Å². The highest BCUT2D eigenvalue weighted by molar-refractivity contribution is 8.00. The van der Waals surface area contributed by atoms with E-state index in [4.69, 9.17) is 9.47 Å². The van der Waals surface area contributed by atoms with E-state index < -0.39 is 0 Å². The predicted molar refractivity (Wildman–Crippen MR) is 110 cm³/mol. The van der Waals surface area contributed by atoms with Crippen molar-refractivity contribution < 1.29 is 18.7 Å². The molecular formula is C21H22FN3O3S. The molecule has 1 atom stereocenters. The van der Waals surface area contributed by atoms with Gasteiger partial charge in [-0.25, -0.2) is 9.37 Å². The normalized spacial score (nSPS) is 11.7. The first-order valence-corrected chi connectivity index (χ1v) is 9.84. The van der Waals surface area contributed by atoms with Crippen LogP contribution in [0.15, 0.2) is 60.0 Å². The molecule has 1 N–H and O–H groups in total. The van der Waals surface area contributed by atoms with Crippen LogP contribution in [0, 0.1) is 5.82 Å². The van der Waals surface area contributed by atoms with Crippen molar-refractivity contribution in [2.45, 2.75) is 23.9 Å². The molecule has 0 aliphatic rings. The van der Waals surface area contributed by atoms with Crippen LogP contribution in [0.5, 0.6) is 11.5 Å². The number of ether oxygens (including phenoxy) is 2. The van der Waals surface area contributed by atoms with Crippen molar-refractivity contribution in [3.05, 3.63) is 66.2 Å². The van der Waals surface area contributed by atoms with Gasteiger partial charge in [-0.3, -0.25) is 9.36 Å². The van der Waals surface area contributed by atoms with E-state index in [0.717, 1.165) is 5.56 Å². The Morgan fingerprint density at radius 1 is 1.21 bits per heavy atom. The summed E-state index contributed by atoms with van der Waals surface area (Å²) in [6, 6.07) is 11.7. The summed E-state index contributed by atoms with van der Waals surface area (Å²) in [5.41, 5.74) is 1.55. The summed E-state index contributed by atoms with van der Waals surface area (Å²) in [4.78, 5) is 16.8. The first-order valence-electron chi connectivity index (χ1n) is 8.96. The fourth-order valence-corrected chi connectivity index (χ4v) is 3.64. The van der Waals surface area contributed by atoms with Crippen molar-refractivity contribution in [1.29, 1.82) is 0 Å². The molecule has 6 nitrogen and oxygen atoms in total. The fourth-order valence-electron chi connectivity index (χ4n) is 2.73. The molecule has 1 unspecified atom stereocenters. The quantitative estimate of drug-likeness (QED) is 0.567. The molecule has 29 heavy (non-hydrogen) atoms. The molecule has 3 aromatic rings. The van der Waals surface area contributed by atoms with Gasteiger partial charge in [0.05, 0.1) is 25.2 Å². The van der Waals surface area contributed by atoms with Crippen LogP contribution in [0.1, 0.15) is 12.5 Å². The molecule has 0 saturated heterocycles. The number of carbonyl (C=O) groups excluding carboxylic acids is 1. The van der Waals surface area contributed by atoms with Crippen LogP contribution < -0.4 is 14.8 Å². The molecule has 0 fully saturated rings. The van der Waals surface area contributed by atoms with Crippen molar-refractivity contribution in [2.75, 3.05) is 14.2 Å². The number of thioether (sulfide) groups is 1. The summed E-state index contributed by atoms with van der Waals surface area (Å²) < 4.78 is 25.8. The molecule has 0 saturated carbocycles. The second-order valence-corrected chi connectivity index (χ2v) is 7.53. The van der Waals surface area contributed by atoms with Crippen molar-refractivity contribution in [1.82, 2.24) is 14.9 Å². The number of rotatable bonds is 8. The van der Waals surface area contributed by atoms with Gasteiger partial charge in [0.25, 0.3) is 0 Å². The predicted octanol–water partition coefficient (Wildman–Crippen LogP) is 3.83. The molecule has 1 heterocycles. The highest BCUT2D eigenvalue weighted by Gasteiger charge is 2.18. The van der Waals surface area contributed by atoms with Crippen LogP contribution >= 0.6 is 11.8 Å². The van der Waals surface area contributed by atoms with Gasteiger partial charge in [-0.2, -0.15) is 0 Å². The molecule has 0 bridgehead atoms. The second kappa shape index (κ2) is 9.47. The van der Waals surface area contributed by atoms with Gasteiger partial charge in [0.15, 0.2) is 16.7 Å². The maximum atomic E-state index is 13.5. The second-order valence-electron chi connectivity index (χ2n) is 6.23. The molecule has 0 aliphatic carbocycles. The van der Waals surface area contributed by atoms with Crippen molar-refractivity contribution in [3.63, 3.8) is 0 Å². The Balaban J connectivity index is 1.63. The highest BCUT2D eigenvalue weighted by atomic mass is 32.2. The van der Waals surface area contributed by atoms with E-state index in [-0.39, 0.29) is 17.0 Å². The Morgan fingerprint density at radius 3 is 2.72 bits per heavy atom. The lowest BCUT2D eigenvalue weighted by Crippen LogP contribution is -2.30. The molecule has 3 rings (SSSR count). The SMILES string of the molecule is COc1ccc(CNC(=O)C(C)Sc2nccn2-c2cccc(F)c2)cc1OC. The van der Waals surface area contributed by atoms with Gasteiger partial charge >= 0.3 is 0 Å². The van der Waals surface area contributed by atoms with E-state index in [2.05, 4.69) is 10.3 Å². The first-order chi connectivity index (χ1) is 14.0. The number of carbonyl (C=O) groups is 1. The largest absolute Gasteiger partial charge is 0.493 e. The van der Waals surface area contributed by atoms with E-state index in [1.54, 1.807) is 56.3 Å². The number of aromatic nitrogens is 2. The number of imidazole rings is 1. The summed E-state index contributed by atoms with van der Waals surface area (Å²) in [6.07, 6.45) is 3.37. The third-order valence-electron chi connectivity index (χ3n) is 4.26. The van der Waals surface area contributed by atoms with Crippen LogP contribution in [0.3, 0.4) is 0 Å². The molecule has 1 amide bonds. The van der Waals surface area contributed by atoms with E-state index in [0.29, 0.717) is 28.9 Å². The molecule has 152 valence electrons. The van der Waals surface area contributed by atoms with Crippen molar-refractivity contribution in [2.24, 2.45) is 0 Å². The number of hydrogen-bond acceptors (Lipinski definition) is 5. The average molecular weight is 415 g/mol. The lowest BCUT2D eigenvalue weighted by atomic mass is 10.2. The molecule has 2 aromatic carbocycles. The Labute approximate surface area is 173 Å². The van der Waals surface area contributed by atoms with Crippen molar-refractivity contribution >= 4 is 17.7 Å². The third kappa shape index (κ3) is 5.08. The fraction of sp³-hybridized carbons (Fsp3) is 0.238. The number of amides is 1. The first kappa shape index (κ1) is 20.7. The number of nitrogens with one attached hydrogen (secondary N) is 1. The summed E-state index contributed by atoms with van der Waals surface area (Å²) in [5.74, 6) is 0.793. The van der Waals surface area contributed by atoms with Crippen LogP contribution in [0.4, 0.5) is 4.39 Å². The van der Waals surface area contributed by atoms with E-state index in [9.17, 15) is 9.18 Å². The van der Waals surface area contributed by atoms with Gasteiger partial charge in [0, 0.05) is 18.9 Å². The lowest BCUT2D eigenvalue weighted by Gasteiger charge is -2.14. The molecule has 0 aliphatic heterocycles. The zero-order chi connectivity index (χ0) is 20.8. The monoisotopic (exact) mass is 415 g/mol. The Bertz CT molecular complexity index is 993. The number of nitrogens with zero attached hydrogens (tertiary/aromatic N) is 2. The van der Waals surface area contributed by atoms with Gasteiger partial charge in [-0.05, 0) is 42.8 Å². The molecule has 8 heteroatoms. The van der Waals surface area contributed by atoms with Crippen LogP contribution in [0.25, 0.3) is 5.69 Å². The lowest BCUT2D eigenvalue weighted by molar-refractivity contribution is -0.120. The zero-order valence-corrected chi connectivity index (χ0v) is 17.2. The Morgan fingerprint density at radius 2 is 2.00 bits per heavy atom. The smallest absolute Gasteiger partial charge is 0.233 e. The Kier molecular flexibility index (Phi) is 6.77. The molecule has 0 radical (unpaired) electrons.